The van der Waals surface area contributed by atoms with Crippen LogP contribution in [0, 0.1) is 0 Å². The first-order valence-electron chi connectivity index (χ1n) is 10.1. The number of aromatic nitrogens is 2. The van der Waals surface area contributed by atoms with Gasteiger partial charge in [-0.3, -0.25) is 4.79 Å². The minimum atomic E-state index is -0.348. The fourth-order valence-electron chi connectivity index (χ4n) is 3.93. The van der Waals surface area contributed by atoms with E-state index >= 15 is 0 Å². The minimum Gasteiger partial charge on any atom is -0.497 e. The number of para-hydroxylation sites is 2. The van der Waals surface area contributed by atoms with E-state index in [4.69, 9.17) is 14.5 Å². The van der Waals surface area contributed by atoms with Crippen molar-refractivity contribution in [2.75, 3.05) is 25.7 Å². The Kier molecular flexibility index (Phi) is 5.35. The van der Waals surface area contributed by atoms with Crippen molar-refractivity contribution in [2.45, 2.75) is 26.3 Å². The highest BCUT2D eigenvalue weighted by molar-refractivity contribution is 6.28. The van der Waals surface area contributed by atoms with E-state index in [0.29, 0.717) is 35.9 Å². The molecule has 0 bridgehead atoms. The third-order valence-electron chi connectivity index (χ3n) is 5.31. The van der Waals surface area contributed by atoms with Gasteiger partial charge in [0.15, 0.2) is 5.78 Å². The maximum atomic E-state index is 13.5. The second kappa shape index (κ2) is 8.10. The maximum absolute atomic E-state index is 13.5. The van der Waals surface area contributed by atoms with E-state index in [9.17, 15) is 4.79 Å². The molecule has 1 aliphatic rings. The standard InChI is InChI=1S/C23H26N4O3/c1-5-19-21(28)20(22-25-17-9-7-8-10-18(17)26-22)23(24-6-2)27(19)14-11-15(29-3)13-16(12-14)30-4/h7-13,19,24H,5-6H2,1-4H3,(H,25,26)/t19-/m0/s1. The predicted molar refractivity (Wildman–Crippen MR) is 118 cm³/mol. The van der Waals surface area contributed by atoms with Gasteiger partial charge >= 0.3 is 0 Å². The number of hydrogen-bond acceptors (Lipinski definition) is 6. The Morgan fingerprint density at radius 3 is 2.40 bits per heavy atom. The molecule has 0 spiro atoms. The zero-order chi connectivity index (χ0) is 21.3. The molecule has 1 aromatic heterocycles. The normalized spacial score (nSPS) is 16.5. The van der Waals surface area contributed by atoms with Crippen LogP contribution >= 0.6 is 0 Å². The molecule has 156 valence electrons. The zero-order valence-electron chi connectivity index (χ0n) is 17.7. The molecule has 0 unspecified atom stereocenters. The molecule has 0 amide bonds. The molecule has 2 aromatic carbocycles. The molecule has 30 heavy (non-hydrogen) atoms. The van der Waals surface area contributed by atoms with Crippen molar-refractivity contribution in [1.82, 2.24) is 15.3 Å². The highest BCUT2D eigenvalue weighted by Gasteiger charge is 2.41. The van der Waals surface area contributed by atoms with Crippen LogP contribution in [0.5, 0.6) is 11.5 Å². The second-order valence-corrected chi connectivity index (χ2v) is 7.09. The number of methoxy groups -OCH3 is 2. The molecule has 2 heterocycles. The highest BCUT2D eigenvalue weighted by atomic mass is 16.5. The van der Waals surface area contributed by atoms with Crippen molar-refractivity contribution >= 4 is 28.1 Å². The smallest absolute Gasteiger partial charge is 0.193 e. The summed E-state index contributed by atoms with van der Waals surface area (Å²) in [6.45, 7) is 4.69. The summed E-state index contributed by atoms with van der Waals surface area (Å²) in [4.78, 5) is 23.6. The van der Waals surface area contributed by atoms with Crippen molar-refractivity contribution in [3.8, 4) is 11.5 Å². The Bertz CT molecular complexity index is 1060. The molecular formula is C23H26N4O3. The lowest BCUT2D eigenvalue weighted by Crippen LogP contribution is -2.37. The van der Waals surface area contributed by atoms with Crippen molar-refractivity contribution in [1.29, 1.82) is 0 Å². The molecule has 0 aliphatic carbocycles. The second-order valence-electron chi connectivity index (χ2n) is 7.09. The van der Waals surface area contributed by atoms with E-state index in [2.05, 4.69) is 10.3 Å². The molecular weight excluding hydrogens is 380 g/mol. The van der Waals surface area contributed by atoms with Gasteiger partial charge in [-0.15, -0.1) is 0 Å². The molecule has 3 aromatic rings. The first-order valence-corrected chi connectivity index (χ1v) is 10.1. The summed E-state index contributed by atoms with van der Waals surface area (Å²) in [6, 6.07) is 13.1. The number of benzene rings is 2. The summed E-state index contributed by atoms with van der Waals surface area (Å²) < 4.78 is 10.9. The predicted octanol–water partition coefficient (Wildman–Crippen LogP) is 3.73. The third-order valence-corrected chi connectivity index (χ3v) is 5.31. The number of nitrogens with zero attached hydrogens (tertiary/aromatic N) is 2. The zero-order valence-corrected chi connectivity index (χ0v) is 17.7. The first-order chi connectivity index (χ1) is 14.6. The van der Waals surface area contributed by atoms with Gasteiger partial charge in [0.25, 0.3) is 0 Å². The maximum Gasteiger partial charge on any atom is 0.193 e. The summed E-state index contributed by atoms with van der Waals surface area (Å²) in [5.74, 6) is 2.69. The van der Waals surface area contributed by atoms with Crippen molar-refractivity contribution in [3.05, 3.63) is 54.1 Å². The van der Waals surface area contributed by atoms with E-state index in [1.165, 1.54) is 0 Å². The monoisotopic (exact) mass is 406 g/mol. The summed E-state index contributed by atoms with van der Waals surface area (Å²) in [6.07, 6.45) is 0.650. The van der Waals surface area contributed by atoms with E-state index in [1.807, 2.05) is 61.2 Å². The van der Waals surface area contributed by atoms with Gasteiger partial charge in [-0.05, 0) is 25.5 Å². The number of carbonyl (C=O) groups excluding carboxylic acids is 1. The Morgan fingerprint density at radius 1 is 1.10 bits per heavy atom. The Hall–Kier alpha value is -3.48. The first kappa shape index (κ1) is 19.8. The molecule has 0 saturated heterocycles. The van der Waals surface area contributed by atoms with Gasteiger partial charge in [-0.2, -0.15) is 0 Å². The average molecular weight is 406 g/mol. The van der Waals surface area contributed by atoms with Crippen LogP contribution in [0.1, 0.15) is 26.1 Å². The molecule has 1 aliphatic heterocycles. The number of carbonyl (C=O) groups is 1. The molecule has 7 heteroatoms. The SMILES string of the molecule is CCNC1=C(c2nc3ccccc3[nH]2)C(=O)[C@H](CC)N1c1cc(OC)cc(OC)c1. The van der Waals surface area contributed by atoms with Gasteiger partial charge in [-0.1, -0.05) is 19.1 Å². The van der Waals surface area contributed by atoms with Crippen molar-refractivity contribution in [2.24, 2.45) is 0 Å². The molecule has 0 fully saturated rings. The number of nitrogens with one attached hydrogen (secondary N) is 2. The van der Waals surface area contributed by atoms with Crippen LogP contribution < -0.4 is 19.7 Å². The number of Topliss-reactive ketones (excluding diaryl/α,β-unsaturated/α-hetero) is 1. The van der Waals surface area contributed by atoms with Crippen molar-refractivity contribution in [3.63, 3.8) is 0 Å². The van der Waals surface area contributed by atoms with E-state index < -0.39 is 0 Å². The quantitative estimate of drug-likeness (QED) is 0.623. The lowest BCUT2D eigenvalue weighted by molar-refractivity contribution is -0.114. The highest BCUT2D eigenvalue weighted by Crippen LogP contribution is 2.39. The lowest BCUT2D eigenvalue weighted by Gasteiger charge is -2.29. The topological polar surface area (TPSA) is 79.5 Å². The van der Waals surface area contributed by atoms with Crippen LogP contribution in [-0.2, 0) is 4.79 Å². The van der Waals surface area contributed by atoms with Crippen LogP contribution in [0.25, 0.3) is 16.6 Å². The number of H-pyrrole nitrogens is 1. The summed E-state index contributed by atoms with van der Waals surface area (Å²) >= 11 is 0. The van der Waals surface area contributed by atoms with E-state index in [1.54, 1.807) is 14.2 Å². The number of imidazole rings is 1. The van der Waals surface area contributed by atoms with Crippen molar-refractivity contribution < 1.29 is 14.3 Å². The molecule has 0 saturated carbocycles. The largest absolute Gasteiger partial charge is 0.497 e. The third kappa shape index (κ3) is 3.26. The van der Waals surface area contributed by atoms with Crippen LogP contribution in [0.15, 0.2) is 48.3 Å². The minimum absolute atomic E-state index is 0.0364. The van der Waals surface area contributed by atoms with Gasteiger partial charge in [0.2, 0.25) is 0 Å². The van der Waals surface area contributed by atoms with E-state index in [0.717, 1.165) is 22.5 Å². The van der Waals surface area contributed by atoms with Crippen LogP contribution in [-0.4, -0.2) is 42.6 Å². The number of fused-ring (bicyclic) bond motifs is 1. The molecule has 2 N–H and O–H groups in total. The van der Waals surface area contributed by atoms with Gasteiger partial charge in [0.05, 0.1) is 37.0 Å². The Balaban J connectivity index is 1.91. The average Bonchev–Trinajstić information content (AvgIpc) is 3.31. The number of aromatic amines is 1. The summed E-state index contributed by atoms with van der Waals surface area (Å²) in [7, 11) is 3.23. The fraction of sp³-hybridized carbons (Fsp3) is 0.304. The summed E-state index contributed by atoms with van der Waals surface area (Å²) in [5.41, 5.74) is 3.13. The molecule has 1 atom stereocenters. The van der Waals surface area contributed by atoms with Crippen LogP contribution in [0.2, 0.25) is 0 Å². The van der Waals surface area contributed by atoms with Gasteiger partial charge < -0.3 is 24.7 Å². The number of hydrogen-bond donors (Lipinski definition) is 2. The van der Waals surface area contributed by atoms with Gasteiger partial charge in [0, 0.05) is 24.7 Å². The lowest BCUT2D eigenvalue weighted by atomic mass is 10.1. The number of ether oxygens (including phenoxy) is 2. The molecule has 7 nitrogen and oxygen atoms in total. The fourth-order valence-corrected chi connectivity index (χ4v) is 3.93. The Labute approximate surface area is 175 Å². The molecule has 4 rings (SSSR count). The van der Waals surface area contributed by atoms with E-state index in [-0.39, 0.29) is 11.8 Å². The van der Waals surface area contributed by atoms with Gasteiger partial charge in [-0.25, -0.2) is 4.98 Å². The number of ketones is 1. The number of anilines is 1. The van der Waals surface area contributed by atoms with Gasteiger partial charge in [0.1, 0.15) is 28.7 Å². The van der Waals surface area contributed by atoms with Crippen LogP contribution in [0.3, 0.4) is 0 Å². The summed E-state index contributed by atoms with van der Waals surface area (Å²) in [5, 5.41) is 3.40. The molecule has 0 radical (unpaired) electrons. The number of rotatable bonds is 7. The Morgan fingerprint density at radius 2 is 1.80 bits per heavy atom. The van der Waals surface area contributed by atoms with Crippen LogP contribution in [0.4, 0.5) is 5.69 Å².